The molecule has 2 heterocycles. The van der Waals surface area contributed by atoms with Crippen molar-refractivity contribution in [1.29, 1.82) is 0 Å². The molecule has 0 bridgehead atoms. The van der Waals surface area contributed by atoms with Crippen LogP contribution in [0.3, 0.4) is 0 Å². The normalized spacial score (nSPS) is 17.0. The molecule has 24 heavy (non-hydrogen) atoms. The molecule has 1 aromatic heterocycles. The molecule has 1 unspecified atom stereocenters. The van der Waals surface area contributed by atoms with Crippen LogP contribution < -0.4 is 5.32 Å². The number of carbonyl (C=O) groups is 2. The van der Waals surface area contributed by atoms with Crippen LogP contribution in [0.5, 0.6) is 0 Å². The van der Waals surface area contributed by atoms with Crippen LogP contribution in [0.15, 0.2) is 35.3 Å². The Morgan fingerprint density at radius 2 is 2.04 bits per heavy atom. The van der Waals surface area contributed by atoms with E-state index in [4.69, 9.17) is 11.6 Å². The Morgan fingerprint density at radius 1 is 1.33 bits per heavy atom. The number of aryl methyl sites for hydroxylation is 2. The maximum atomic E-state index is 12.1. The number of aliphatic imine (C=N–C) groups is 1. The van der Waals surface area contributed by atoms with Crippen LogP contribution in [0.4, 0.5) is 5.69 Å². The summed E-state index contributed by atoms with van der Waals surface area (Å²) >= 11 is 7.07. The summed E-state index contributed by atoms with van der Waals surface area (Å²) in [5.41, 5.74) is 2.39. The van der Waals surface area contributed by atoms with Gasteiger partial charge >= 0.3 is 0 Å². The lowest BCUT2D eigenvalue weighted by atomic mass is 10.2. The molecule has 8 heteroatoms. The van der Waals surface area contributed by atoms with E-state index in [1.54, 1.807) is 28.9 Å². The fourth-order valence-corrected chi connectivity index (χ4v) is 3.53. The van der Waals surface area contributed by atoms with E-state index in [9.17, 15) is 9.59 Å². The molecule has 0 radical (unpaired) electrons. The number of anilines is 1. The SMILES string of the molecule is Cc1cc(C)n(C2=NC(=O)C(CC(=O)Nc3ccc(Cl)cc3)S2)n1. The first-order valence-corrected chi connectivity index (χ1v) is 8.56. The number of carbonyl (C=O) groups excluding carboxylic acids is 2. The van der Waals surface area contributed by atoms with Crippen molar-refractivity contribution < 1.29 is 9.59 Å². The summed E-state index contributed by atoms with van der Waals surface area (Å²) in [6, 6.07) is 8.71. The van der Waals surface area contributed by atoms with E-state index in [0.29, 0.717) is 15.9 Å². The second-order valence-corrected chi connectivity index (χ2v) is 7.04. The number of aromatic nitrogens is 2. The third-order valence-electron chi connectivity index (χ3n) is 3.42. The summed E-state index contributed by atoms with van der Waals surface area (Å²) in [4.78, 5) is 28.2. The Morgan fingerprint density at radius 3 is 2.67 bits per heavy atom. The van der Waals surface area contributed by atoms with Crippen molar-refractivity contribution in [2.24, 2.45) is 4.99 Å². The Labute approximate surface area is 148 Å². The largest absolute Gasteiger partial charge is 0.326 e. The summed E-state index contributed by atoms with van der Waals surface area (Å²) in [7, 11) is 0. The highest BCUT2D eigenvalue weighted by atomic mass is 35.5. The molecule has 0 saturated heterocycles. The number of amides is 2. The minimum Gasteiger partial charge on any atom is -0.326 e. The second-order valence-electron chi connectivity index (χ2n) is 5.44. The van der Waals surface area contributed by atoms with Gasteiger partial charge in [0.2, 0.25) is 5.91 Å². The number of halogens is 1. The van der Waals surface area contributed by atoms with E-state index in [0.717, 1.165) is 11.4 Å². The molecule has 1 aliphatic heterocycles. The van der Waals surface area contributed by atoms with Crippen LogP contribution in [-0.4, -0.2) is 32.0 Å². The topological polar surface area (TPSA) is 76.3 Å². The molecular formula is C16H15ClN4O2S. The first-order chi connectivity index (χ1) is 11.4. The molecule has 2 aromatic rings. The molecule has 124 valence electrons. The average Bonchev–Trinajstić information content (AvgIpc) is 3.04. The zero-order valence-corrected chi connectivity index (χ0v) is 14.7. The standard InChI is InChI=1S/C16H15ClN4O2S/c1-9-7-10(2)21(20-9)16-19-15(23)13(24-16)8-14(22)18-12-5-3-11(17)4-6-12/h3-7,13H,8H2,1-2H3,(H,18,22). The minimum absolute atomic E-state index is 0.0540. The molecule has 0 aliphatic carbocycles. The van der Waals surface area contributed by atoms with Gasteiger partial charge in [0.25, 0.3) is 5.91 Å². The zero-order valence-electron chi connectivity index (χ0n) is 13.1. The van der Waals surface area contributed by atoms with E-state index < -0.39 is 5.25 Å². The van der Waals surface area contributed by atoms with Crippen LogP contribution in [0.2, 0.25) is 5.02 Å². The van der Waals surface area contributed by atoms with Crippen molar-refractivity contribution >= 4 is 46.0 Å². The van der Waals surface area contributed by atoms with E-state index in [1.165, 1.54) is 11.8 Å². The molecule has 6 nitrogen and oxygen atoms in total. The Balaban J connectivity index is 1.63. The fraction of sp³-hybridized carbons (Fsp3) is 0.250. The van der Waals surface area contributed by atoms with Gasteiger partial charge in [0.05, 0.1) is 5.69 Å². The van der Waals surface area contributed by atoms with Crippen LogP contribution in [-0.2, 0) is 9.59 Å². The highest BCUT2D eigenvalue weighted by Crippen LogP contribution is 2.27. The average molecular weight is 363 g/mol. The van der Waals surface area contributed by atoms with E-state index in [1.807, 2.05) is 19.9 Å². The van der Waals surface area contributed by atoms with Gasteiger partial charge in [-0.1, -0.05) is 23.4 Å². The highest BCUT2D eigenvalue weighted by molar-refractivity contribution is 8.15. The van der Waals surface area contributed by atoms with Gasteiger partial charge in [-0.3, -0.25) is 9.59 Å². The Bertz CT molecular complexity index is 829. The van der Waals surface area contributed by atoms with E-state index >= 15 is 0 Å². The summed E-state index contributed by atoms with van der Waals surface area (Å²) in [5, 5.41) is 7.64. The molecule has 0 saturated carbocycles. The van der Waals surface area contributed by atoms with Gasteiger partial charge in [-0.25, -0.2) is 4.68 Å². The third kappa shape index (κ3) is 3.68. The quantitative estimate of drug-likeness (QED) is 0.910. The monoisotopic (exact) mass is 362 g/mol. The first kappa shape index (κ1) is 16.7. The lowest BCUT2D eigenvalue weighted by Crippen LogP contribution is -2.21. The van der Waals surface area contributed by atoms with Crippen LogP contribution in [0, 0.1) is 13.8 Å². The number of nitrogens with zero attached hydrogens (tertiary/aromatic N) is 3. The lowest BCUT2D eigenvalue weighted by molar-refractivity contribution is -0.121. The number of thioether (sulfide) groups is 1. The zero-order chi connectivity index (χ0) is 17.3. The Kier molecular flexibility index (Phi) is 4.73. The number of hydrogen-bond donors (Lipinski definition) is 1. The van der Waals surface area contributed by atoms with Gasteiger partial charge in [-0.2, -0.15) is 10.1 Å². The van der Waals surface area contributed by atoms with Crippen LogP contribution in [0.1, 0.15) is 17.8 Å². The number of nitrogens with one attached hydrogen (secondary N) is 1. The van der Waals surface area contributed by atoms with Crippen LogP contribution >= 0.6 is 23.4 Å². The van der Waals surface area contributed by atoms with Crippen molar-refractivity contribution in [3.8, 4) is 0 Å². The van der Waals surface area contributed by atoms with Crippen molar-refractivity contribution in [2.75, 3.05) is 5.32 Å². The highest BCUT2D eigenvalue weighted by Gasteiger charge is 2.32. The number of benzene rings is 1. The van der Waals surface area contributed by atoms with Gasteiger partial charge in [0, 0.05) is 22.8 Å². The maximum Gasteiger partial charge on any atom is 0.262 e. The molecule has 3 rings (SSSR count). The number of hydrogen-bond acceptors (Lipinski definition) is 4. The molecule has 0 spiro atoms. The first-order valence-electron chi connectivity index (χ1n) is 7.30. The molecule has 1 aliphatic rings. The van der Waals surface area contributed by atoms with Crippen molar-refractivity contribution in [3.63, 3.8) is 0 Å². The maximum absolute atomic E-state index is 12.1. The summed E-state index contributed by atoms with van der Waals surface area (Å²) in [6.45, 7) is 3.77. The summed E-state index contributed by atoms with van der Waals surface area (Å²) in [5.74, 6) is -0.554. The van der Waals surface area contributed by atoms with Gasteiger partial charge in [-0.15, -0.1) is 0 Å². The molecular weight excluding hydrogens is 348 g/mol. The van der Waals surface area contributed by atoms with Gasteiger partial charge in [-0.05, 0) is 44.2 Å². The lowest BCUT2D eigenvalue weighted by Gasteiger charge is -2.08. The fourth-order valence-electron chi connectivity index (χ4n) is 2.33. The minimum atomic E-state index is -0.531. The second kappa shape index (κ2) is 6.78. The molecule has 1 N–H and O–H groups in total. The van der Waals surface area contributed by atoms with Gasteiger partial charge in [0.1, 0.15) is 5.25 Å². The predicted octanol–water partition coefficient (Wildman–Crippen LogP) is 3.03. The Hall–Kier alpha value is -2.12. The van der Waals surface area contributed by atoms with Gasteiger partial charge in [0.15, 0.2) is 5.17 Å². The van der Waals surface area contributed by atoms with E-state index in [2.05, 4.69) is 15.4 Å². The van der Waals surface area contributed by atoms with Crippen molar-refractivity contribution in [3.05, 3.63) is 46.7 Å². The van der Waals surface area contributed by atoms with Crippen molar-refractivity contribution in [2.45, 2.75) is 25.5 Å². The van der Waals surface area contributed by atoms with E-state index in [-0.39, 0.29) is 18.2 Å². The summed E-state index contributed by atoms with van der Waals surface area (Å²) < 4.78 is 1.63. The number of rotatable bonds is 3. The van der Waals surface area contributed by atoms with Crippen molar-refractivity contribution in [1.82, 2.24) is 9.78 Å². The molecule has 1 atom stereocenters. The molecule has 1 aromatic carbocycles. The smallest absolute Gasteiger partial charge is 0.262 e. The van der Waals surface area contributed by atoms with Crippen LogP contribution in [0.25, 0.3) is 0 Å². The van der Waals surface area contributed by atoms with Gasteiger partial charge < -0.3 is 5.32 Å². The molecule has 0 fully saturated rings. The molecule has 2 amide bonds. The predicted molar refractivity (Wildman–Crippen MR) is 95.6 cm³/mol. The summed E-state index contributed by atoms with van der Waals surface area (Å²) in [6.07, 6.45) is 0.0540. The third-order valence-corrected chi connectivity index (χ3v) is 4.80.